The summed E-state index contributed by atoms with van der Waals surface area (Å²) in [4.78, 5) is 26.2. The van der Waals surface area contributed by atoms with Gasteiger partial charge in [-0.05, 0) is 56.8 Å². The molecule has 1 amide bonds. The third-order valence-corrected chi connectivity index (χ3v) is 5.46. The predicted octanol–water partition coefficient (Wildman–Crippen LogP) is 2.14. The second-order valence-corrected chi connectivity index (χ2v) is 6.45. The number of amides is 1. The summed E-state index contributed by atoms with van der Waals surface area (Å²) >= 11 is 0. The molecule has 106 valence electrons. The molecule has 3 saturated carbocycles. The molecule has 0 aromatic heterocycles. The van der Waals surface area contributed by atoms with E-state index >= 15 is 0 Å². The number of carboxylic acids is 1. The van der Waals surface area contributed by atoms with Crippen molar-refractivity contribution in [3.05, 3.63) is 0 Å². The average molecular weight is 265 g/mol. The summed E-state index contributed by atoms with van der Waals surface area (Å²) in [6.07, 6.45) is 7.46. The normalized spacial score (nSPS) is 38.2. The molecule has 0 spiro atoms. The highest BCUT2D eigenvalue weighted by Crippen LogP contribution is 2.49. The highest BCUT2D eigenvalue weighted by Gasteiger charge is 2.51. The van der Waals surface area contributed by atoms with Gasteiger partial charge in [0.2, 0.25) is 5.91 Å². The zero-order valence-corrected chi connectivity index (χ0v) is 11.4. The molecule has 2 bridgehead atoms. The van der Waals surface area contributed by atoms with E-state index in [1.807, 2.05) is 4.90 Å². The maximum atomic E-state index is 12.7. The fourth-order valence-corrected chi connectivity index (χ4v) is 4.49. The van der Waals surface area contributed by atoms with E-state index in [-0.39, 0.29) is 17.7 Å². The van der Waals surface area contributed by atoms with Crippen LogP contribution in [0.4, 0.5) is 0 Å². The van der Waals surface area contributed by atoms with Crippen molar-refractivity contribution in [1.82, 2.24) is 4.90 Å². The maximum absolute atomic E-state index is 12.7. The van der Waals surface area contributed by atoms with Crippen LogP contribution in [-0.2, 0) is 9.59 Å². The number of carbonyl (C=O) groups is 2. The van der Waals surface area contributed by atoms with Gasteiger partial charge < -0.3 is 10.0 Å². The molecule has 19 heavy (non-hydrogen) atoms. The van der Waals surface area contributed by atoms with Crippen LogP contribution in [0.15, 0.2) is 0 Å². The Balaban J connectivity index is 1.80. The van der Waals surface area contributed by atoms with Crippen molar-refractivity contribution in [1.29, 1.82) is 0 Å². The van der Waals surface area contributed by atoms with Crippen molar-refractivity contribution < 1.29 is 14.7 Å². The van der Waals surface area contributed by atoms with Crippen LogP contribution in [-0.4, -0.2) is 35.0 Å². The van der Waals surface area contributed by atoms with Gasteiger partial charge in [-0.25, -0.2) is 0 Å². The maximum Gasteiger partial charge on any atom is 0.307 e. The van der Waals surface area contributed by atoms with E-state index in [1.165, 1.54) is 6.42 Å². The number of carbonyl (C=O) groups excluding carboxylic acids is 1. The summed E-state index contributed by atoms with van der Waals surface area (Å²) in [7, 11) is 0. The number of aliphatic carboxylic acids is 1. The molecule has 4 nitrogen and oxygen atoms in total. The van der Waals surface area contributed by atoms with E-state index in [0.717, 1.165) is 51.6 Å². The fourth-order valence-electron chi connectivity index (χ4n) is 4.49. The van der Waals surface area contributed by atoms with Gasteiger partial charge in [-0.1, -0.05) is 0 Å². The van der Waals surface area contributed by atoms with Gasteiger partial charge in [0.15, 0.2) is 0 Å². The molecule has 0 aromatic rings. The van der Waals surface area contributed by atoms with Crippen LogP contribution in [0.1, 0.15) is 44.9 Å². The highest BCUT2D eigenvalue weighted by molar-refractivity contribution is 5.85. The molecule has 3 aliphatic carbocycles. The summed E-state index contributed by atoms with van der Waals surface area (Å²) in [6, 6.07) is 0. The first kappa shape index (κ1) is 12.9. The van der Waals surface area contributed by atoms with Crippen LogP contribution in [0, 0.1) is 23.7 Å². The van der Waals surface area contributed by atoms with Gasteiger partial charge in [0.05, 0.1) is 11.8 Å². The molecular formula is C15H23NO3. The molecule has 1 N–H and O–H groups in total. The van der Waals surface area contributed by atoms with Crippen molar-refractivity contribution in [2.45, 2.75) is 44.9 Å². The number of carboxylic acid groups (broad SMARTS) is 1. The number of hydrogen-bond donors (Lipinski definition) is 1. The molecule has 0 aromatic carbocycles. The molecule has 0 radical (unpaired) electrons. The SMILES string of the molecule is O=C(O)[C@H]1C2CCC(CC2)[C@@H]1C(=O)N1CCCCC1. The Morgan fingerprint density at radius 2 is 1.37 bits per heavy atom. The van der Waals surface area contributed by atoms with E-state index in [9.17, 15) is 14.7 Å². The first-order valence-corrected chi connectivity index (χ1v) is 7.70. The van der Waals surface area contributed by atoms with Gasteiger partial charge >= 0.3 is 5.97 Å². The number of fused-ring (bicyclic) bond motifs is 3. The van der Waals surface area contributed by atoms with Crippen LogP contribution >= 0.6 is 0 Å². The number of hydrogen-bond acceptors (Lipinski definition) is 2. The molecule has 4 rings (SSSR count). The smallest absolute Gasteiger partial charge is 0.307 e. The fraction of sp³-hybridized carbons (Fsp3) is 0.867. The van der Waals surface area contributed by atoms with Crippen LogP contribution in [0.3, 0.4) is 0 Å². The molecule has 4 fully saturated rings. The Morgan fingerprint density at radius 3 is 1.89 bits per heavy atom. The second kappa shape index (κ2) is 5.14. The lowest BCUT2D eigenvalue weighted by atomic mass is 9.58. The number of likely N-dealkylation sites (tertiary alicyclic amines) is 1. The standard InChI is InChI=1S/C15H23NO3/c17-14(16-8-2-1-3-9-16)12-10-4-6-11(7-5-10)13(12)15(18)19/h10-13H,1-9H2,(H,18,19)/t10?,11?,12-,13-/m0/s1. The minimum atomic E-state index is -0.746. The first-order chi connectivity index (χ1) is 9.18. The summed E-state index contributed by atoms with van der Waals surface area (Å²) < 4.78 is 0. The molecular weight excluding hydrogens is 242 g/mol. The molecule has 0 unspecified atom stereocenters. The summed E-state index contributed by atoms with van der Waals surface area (Å²) in [6.45, 7) is 1.66. The first-order valence-electron chi connectivity index (χ1n) is 7.70. The zero-order valence-electron chi connectivity index (χ0n) is 11.4. The number of nitrogens with zero attached hydrogens (tertiary/aromatic N) is 1. The van der Waals surface area contributed by atoms with Crippen LogP contribution in [0.25, 0.3) is 0 Å². The van der Waals surface area contributed by atoms with Crippen molar-refractivity contribution in [3.63, 3.8) is 0 Å². The third kappa shape index (κ3) is 2.26. The van der Waals surface area contributed by atoms with Gasteiger partial charge in [0.25, 0.3) is 0 Å². The van der Waals surface area contributed by atoms with Crippen LogP contribution in [0.2, 0.25) is 0 Å². The van der Waals surface area contributed by atoms with Gasteiger partial charge in [-0.2, -0.15) is 0 Å². The van der Waals surface area contributed by atoms with Crippen molar-refractivity contribution >= 4 is 11.9 Å². The average Bonchev–Trinajstić information content (AvgIpc) is 2.47. The molecule has 4 aliphatic rings. The molecule has 2 atom stereocenters. The molecule has 4 heteroatoms. The Labute approximate surface area is 114 Å². The lowest BCUT2D eigenvalue weighted by molar-refractivity contribution is -0.162. The highest BCUT2D eigenvalue weighted by atomic mass is 16.4. The van der Waals surface area contributed by atoms with Gasteiger partial charge in [0.1, 0.15) is 0 Å². The van der Waals surface area contributed by atoms with Gasteiger partial charge in [-0.15, -0.1) is 0 Å². The number of rotatable bonds is 2. The lowest BCUT2D eigenvalue weighted by Crippen LogP contribution is -2.52. The minimum Gasteiger partial charge on any atom is -0.481 e. The molecule has 1 saturated heterocycles. The monoisotopic (exact) mass is 265 g/mol. The zero-order chi connectivity index (χ0) is 13.4. The van der Waals surface area contributed by atoms with Crippen molar-refractivity contribution in [3.8, 4) is 0 Å². The van der Waals surface area contributed by atoms with Crippen molar-refractivity contribution in [2.24, 2.45) is 23.7 Å². The van der Waals surface area contributed by atoms with Gasteiger partial charge in [-0.3, -0.25) is 9.59 Å². The quantitative estimate of drug-likeness (QED) is 0.832. The Kier molecular flexibility index (Phi) is 3.50. The summed E-state index contributed by atoms with van der Waals surface area (Å²) in [5.41, 5.74) is 0. The van der Waals surface area contributed by atoms with Crippen LogP contribution < -0.4 is 0 Å². The Hall–Kier alpha value is -1.06. The second-order valence-electron chi connectivity index (χ2n) is 6.45. The van der Waals surface area contributed by atoms with Crippen LogP contribution in [0.5, 0.6) is 0 Å². The minimum absolute atomic E-state index is 0.140. The lowest BCUT2D eigenvalue weighted by Gasteiger charge is -2.47. The molecule has 1 aliphatic heterocycles. The Morgan fingerprint density at radius 1 is 0.842 bits per heavy atom. The predicted molar refractivity (Wildman–Crippen MR) is 70.5 cm³/mol. The summed E-state index contributed by atoms with van der Waals surface area (Å²) in [5, 5.41) is 9.51. The summed E-state index contributed by atoms with van der Waals surface area (Å²) in [5.74, 6) is -0.696. The van der Waals surface area contributed by atoms with Crippen molar-refractivity contribution in [2.75, 3.05) is 13.1 Å². The number of piperidine rings is 1. The van der Waals surface area contributed by atoms with Gasteiger partial charge in [0, 0.05) is 13.1 Å². The molecule has 1 heterocycles. The Bertz CT molecular complexity index is 368. The third-order valence-electron chi connectivity index (χ3n) is 5.46. The largest absolute Gasteiger partial charge is 0.481 e. The van der Waals surface area contributed by atoms with E-state index in [4.69, 9.17) is 0 Å². The topological polar surface area (TPSA) is 57.6 Å². The van der Waals surface area contributed by atoms with E-state index < -0.39 is 11.9 Å². The van der Waals surface area contributed by atoms with E-state index in [2.05, 4.69) is 0 Å². The van der Waals surface area contributed by atoms with E-state index in [0.29, 0.717) is 5.92 Å². The van der Waals surface area contributed by atoms with E-state index in [1.54, 1.807) is 0 Å².